The number of hydrogen-bond donors (Lipinski definition) is 2. The molecule has 5 nitrogen and oxygen atoms in total. The van der Waals surface area contributed by atoms with Crippen LogP contribution in [0.25, 0.3) is 0 Å². The highest BCUT2D eigenvalue weighted by Crippen LogP contribution is 2.29. The second-order valence-corrected chi connectivity index (χ2v) is 8.11. The van der Waals surface area contributed by atoms with Crippen LogP contribution in [0.5, 0.6) is 0 Å². The van der Waals surface area contributed by atoms with Crippen LogP contribution in [0.4, 0.5) is 10.8 Å². The van der Waals surface area contributed by atoms with Crippen LogP contribution < -0.4 is 10.6 Å². The zero-order valence-corrected chi connectivity index (χ0v) is 17.0. The second-order valence-electron chi connectivity index (χ2n) is 5.98. The molecule has 0 fully saturated rings. The third-order valence-corrected chi connectivity index (χ3v) is 5.90. The fourth-order valence-electron chi connectivity index (χ4n) is 2.29. The fourth-order valence-corrected chi connectivity index (χ4v) is 4.00. The van der Waals surface area contributed by atoms with Crippen LogP contribution in [-0.2, 0) is 9.59 Å². The van der Waals surface area contributed by atoms with Crippen molar-refractivity contribution < 1.29 is 9.59 Å². The minimum atomic E-state index is -0.217. The maximum atomic E-state index is 12.5. The number of carbonyl (C=O) groups excluding carboxylic acids is 2. The van der Waals surface area contributed by atoms with Gasteiger partial charge in [0.1, 0.15) is 0 Å². The van der Waals surface area contributed by atoms with E-state index in [-0.39, 0.29) is 17.1 Å². The molecule has 2 aromatic rings. The number of amides is 2. The van der Waals surface area contributed by atoms with E-state index in [1.54, 1.807) is 0 Å². The standard InChI is InChI=1S/C19H25N3O2S2/c1-4-6-10-17(23)21-14-8-7-9-15(11-14)26-16(5-2)18(24)22-19-20-13(3)12-25-19/h7-9,11-12,16H,4-6,10H2,1-3H3,(H,21,23)(H,20,22,24). The summed E-state index contributed by atoms with van der Waals surface area (Å²) >= 11 is 2.92. The first-order valence-electron chi connectivity index (χ1n) is 8.81. The Morgan fingerprint density at radius 1 is 1.27 bits per heavy atom. The highest BCUT2D eigenvalue weighted by molar-refractivity contribution is 8.00. The molecular weight excluding hydrogens is 366 g/mol. The average Bonchev–Trinajstić information content (AvgIpc) is 3.02. The third kappa shape index (κ3) is 6.46. The summed E-state index contributed by atoms with van der Waals surface area (Å²) in [5.41, 5.74) is 1.67. The van der Waals surface area contributed by atoms with Gasteiger partial charge < -0.3 is 10.6 Å². The van der Waals surface area contributed by atoms with E-state index in [0.29, 0.717) is 18.0 Å². The van der Waals surface area contributed by atoms with Crippen LogP contribution in [-0.4, -0.2) is 22.0 Å². The van der Waals surface area contributed by atoms with Crippen LogP contribution in [0.15, 0.2) is 34.5 Å². The van der Waals surface area contributed by atoms with Crippen molar-refractivity contribution in [2.75, 3.05) is 10.6 Å². The molecule has 0 aliphatic heterocycles. The Morgan fingerprint density at radius 3 is 2.73 bits per heavy atom. The van der Waals surface area contributed by atoms with Gasteiger partial charge in [0.25, 0.3) is 0 Å². The van der Waals surface area contributed by atoms with Crippen molar-refractivity contribution in [1.82, 2.24) is 4.98 Å². The van der Waals surface area contributed by atoms with Crippen LogP contribution in [0.3, 0.4) is 0 Å². The Kier molecular flexibility index (Phi) is 8.12. The van der Waals surface area contributed by atoms with E-state index in [1.807, 2.05) is 43.5 Å². The van der Waals surface area contributed by atoms with E-state index in [2.05, 4.69) is 22.5 Å². The third-order valence-electron chi connectivity index (χ3n) is 3.67. The Balaban J connectivity index is 1.97. The van der Waals surface area contributed by atoms with Gasteiger partial charge in [0, 0.05) is 22.4 Å². The van der Waals surface area contributed by atoms with E-state index in [9.17, 15) is 9.59 Å². The molecule has 2 rings (SSSR count). The summed E-state index contributed by atoms with van der Waals surface area (Å²) in [7, 11) is 0. The molecule has 0 aliphatic carbocycles. The predicted octanol–water partition coefficient (Wildman–Crippen LogP) is 5.09. The van der Waals surface area contributed by atoms with Gasteiger partial charge in [-0.25, -0.2) is 4.98 Å². The van der Waals surface area contributed by atoms with Crippen LogP contribution >= 0.6 is 23.1 Å². The Hall–Kier alpha value is -1.86. The van der Waals surface area contributed by atoms with Gasteiger partial charge >= 0.3 is 0 Å². The van der Waals surface area contributed by atoms with Crippen molar-refractivity contribution in [2.24, 2.45) is 0 Å². The molecule has 1 heterocycles. The molecule has 2 amide bonds. The molecule has 1 atom stereocenters. The number of aryl methyl sites for hydroxylation is 1. The average molecular weight is 392 g/mol. The van der Waals surface area contributed by atoms with Gasteiger partial charge in [0.05, 0.1) is 10.9 Å². The Labute approximate surface area is 163 Å². The number of carbonyl (C=O) groups is 2. The molecule has 0 radical (unpaired) electrons. The van der Waals surface area contributed by atoms with Gasteiger partial charge in [-0.05, 0) is 38.0 Å². The van der Waals surface area contributed by atoms with Crippen molar-refractivity contribution >= 4 is 45.7 Å². The smallest absolute Gasteiger partial charge is 0.239 e. The first kappa shape index (κ1) is 20.5. The SMILES string of the molecule is CCCCC(=O)Nc1cccc(SC(CC)C(=O)Nc2nc(C)cs2)c1. The zero-order valence-electron chi connectivity index (χ0n) is 15.4. The normalized spacial score (nSPS) is 11.8. The summed E-state index contributed by atoms with van der Waals surface area (Å²) in [6.07, 6.45) is 3.11. The number of unbranched alkanes of at least 4 members (excludes halogenated alkanes) is 1. The van der Waals surface area contributed by atoms with Gasteiger partial charge in [-0.2, -0.15) is 0 Å². The summed E-state index contributed by atoms with van der Waals surface area (Å²) in [5, 5.41) is 8.12. The maximum absolute atomic E-state index is 12.5. The molecular formula is C19H25N3O2S2. The Morgan fingerprint density at radius 2 is 2.08 bits per heavy atom. The van der Waals surface area contributed by atoms with E-state index in [4.69, 9.17) is 0 Å². The number of thioether (sulfide) groups is 1. The number of thiazole rings is 1. The van der Waals surface area contributed by atoms with Crippen molar-refractivity contribution in [1.29, 1.82) is 0 Å². The number of nitrogens with one attached hydrogen (secondary N) is 2. The van der Waals surface area contributed by atoms with Crippen molar-refractivity contribution in [3.05, 3.63) is 35.3 Å². The molecule has 0 spiro atoms. The van der Waals surface area contributed by atoms with Crippen molar-refractivity contribution in [3.8, 4) is 0 Å². The summed E-state index contributed by atoms with van der Waals surface area (Å²) in [6.45, 7) is 5.95. The molecule has 26 heavy (non-hydrogen) atoms. The lowest BCUT2D eigenvalue weighted by Gasteiger charge is -2.14. The lowest BCUT2D eigenvalue weighted by atomic mass is 10.2. The lowest BCUT2D eigenvalue weighted by Crippen LogP contribution is -2.24. The number of aromatic nitrogens is 1. The van der Waals surface area contributed by atoms with Gasteiger partial charge in [0.15, 0.2) is 5.13 Å². The molecule has 1 unspecified atom stereocenters. The monoisotopic (exact) mass is 391 g/mol. The summed E-state index contributed by atoms with van der Waals surface area (Å²) in [5.74, 6) is -0.0258. The van der Waals surface area contributed by atoms with E-state index >= 15 is 0 Å². The number of anilines is 2. The minimum absolute atomic E-state index is 0.0259. The highest BCUT2D eigenvalue weighted by Gasteiger charge is 2.19. The van der Waals surface area contributed by atoms with Crippen LogP contribution in [0.1, 0.15) is 45.2 Å². The summed E-state index contributed by atoms with van der Waals surface area (Å²) in [6, 6.07) is 7.63. The van der Waals surface area contributed by atoms with Gasteiger partial charge in [0.2, 0.25) is 11.8 Å². The lowest BCUT2D eigenvalue weighted by molar-refractivity contribution is -0.116. The van der Waals surface area contributed by atoms with Crippen LogP contribution in [0.2, 0.25) is 0 Å². The topological polar surface area (TPSA) is 71.1 Å². The Bertz CT molecular complexity index is 746. The first-order chi connectivity index (χ1) is 12.5. The van der Waals surface area contributed by atoms with Gasteiger partial charge in [-0.15, -0.1) is 23.1 Å². The van der Waals surface area contributed by atoms with E-state index < -0.39 is 0 Å². The fraction of sp³-hybridized carbons (Fsp3) is 0.421. The molecule has 0 saturated heterocycles. The van der Waals surface area contributed by atoms with Gasteiger partial charge in [-0.3, -0.25) is 9.59 Å². The molecule has 1 aromatic carbocycles. The quantitative estimate of drug-likeness (QED) is 0.584. The molecule has 140 valence electrons. The molecule has 2 N–H and O–H groups in total. The molecule has 1 aromatic heterocycles. The maximum Gasteiger partial charge on any atom is 0.239 e. The number of hydrogen-bond acceptors (Lipinski definition) is 5. The number of rotatable bonds is 9. The van der Waals surface area contributed by atoms with Crippen molar-refractivity contribution in [2.45, 2.75) is 56.6 Å². The summed E-state index contributed by atoms with van der Waals surface area (Å²) < 4.78 is 0. The van der Waals surface area contributed by atoms with E-state index in [0.717, 1.165) is 29.1 Å². The first-order valence-corrected chi connectivity index (χ1v) is 10.6. The molecule has 0 saturated carbocycles. The second kappa shape index (κ2) is 10.3. The summed E-state index contributed by atoms with van der Waals surface area (Å²) in [4.78, 5) is 29.6. The largest absolute Gasteiger partial charge is 0.326 e. The minimum Gasteiger partial charge on any atom is -0.326 e. The predicted molar refractivity (Wildman–Crippen MR) is 110 cm³/mol. The molecule has 0 bridgehead atoms. The van der Waals surface area contributed by atoms with Crippen LogP contribution in [0, 0.1) is 6.92 Å². The molecule has 0 aliphatic rings. The molecule has 7 heteroatoms. The zero-order chi connectivity index (χ0) is 18.9. The van der Waals surface area contributed by atoms with Gasteiger partial charge in [-0.1, -0.05) is 26.3 Å². The number of nitrogens with zero attached hydrogens (tertiary/aromatic N) is 1. The van der Waals surface area contributed by atoms with Crippen molar-refractivity contribution in [3.63, 3.8) is 0 Å². The highest BCUT2D eigenvalue weighted by atomic mass is 32.2. The number of benzene rings is 1. The van der Waals surface area contributed by atoms with E-state index in [1.165, 1.54) is 23.1 Å².